The fourth-order valence-electron chi connectivity index (χ4n) is 9.93. The highest BCUT2D eigenvalue weighted by Crippen LogP contribution is 2.40. The minimum atomic E-state index is -6.36. The average molecular weight is 1470 g/mol. The predicted octanol–water partition coefficient (Wildman–Crippen LogP) is 14.5. The molecule has 0 radical (unpaired) electrons. The molecule has 0 nitrogen and oxygen atoms in total. The van der Waals surface area contributed by atoms with Gasteiger partial charge in [-0.15, -0.1) is 32.8 Å². The summed E-state index contributed by atoms with van der Waals surface area (Å²) in [6, 6.07) is 0. The Bertz CT molecular complexity index is 4140. The molecule has 0 spiro atoms. The number of hydrogen-bond donors (Lipinski definition) is 0. The molecular weight excluding hydrogens is 1470 g/mol. The van der Waals surface area contributed by atoms with Gasteiger partial charge in [-0.25, -0.2) is 149 Å². The van der Waals surface area contributed by atoms with Gasteiger partial charge in [-0.2, -0.15) is 17.6 Å². The molecule has 10 rings (SSSR count). The summed E-state index contributed by atoms with van der Waals surface area (Å²) in [5.41, 5.74) is -18.4. The Labute approximate surface area is 503 Å². The molecule has 0 aliphatic carbocycles. The molecule has 0 aliphatic heterocycles. The number of benzene rings is 8. The first-order valence-corrected chi connectivity index (χ1v) is 26.4. The summed E-state index contributed by atoms with van der Waals surface area (Å²) < 4.78 is 552. The van der Waals surface area contributed by atoms with Crippen molar-refractivity contribution in [2.45, 2.75) is 0 Å². The first kappa shape index (κ1) is 70.2. The lowest BCUT2D eigenvalue weighted by atomic mass is 9.16. The van der Waals surface area contributed by atoms with E-state index in [1.165, 1.54) is 0 Å². The highest BCUT2D eigenvalue weighted by Gasteiger charge is 2.57. The molecule has 0 atom stereocenters. The summed E-state index contributed by atoms with van der Waals surface area (Å²) in [4.78, 5) is 0. The fraction of sp³-hybridized carbons (Fsp3) is 0. The lowest BCUT2D eigenvalue weighted by molar-refractivity contribution is 0.380. The van der Waals surface area contributed by atoms with Crippen molar-refractivity contribution in [3.8, 4) is 0 Å². The maximum atomic E-state index is 15.6. The summed E-state index contributed by atoms with van der Waals surface area (Å²) in [5.74, 6) is -120. The Morgan fingerprint density at radius 3 is 0.415 bits per heavy atom. The van der Waals surface area contributed by atoms with Crippen LogP contribution in [-0.2, 0) is 0 Å². The summed E-state index contributed by atoms with van der Waals surface area (Å²) in [5, 5.41) is 0. The molecule has 0 N–H and O–H groups in total. The zero-order valence-electron chi connectivity index (χ0n) is 42.2. The SMILES string of the molecule is Fc1c(F)c(F)c([B-](c2sc3c(F)c(F)c(F)c(F)c3[s+]2)(c2c(F)c(F)c(F)c(F)c2F)c2c(F)c(F)c(F)c(F)c2F)c(F)c1F.Fc1c(F)c(F)c([B-](c2sc3c(F)c(F)c(F)c(F)c3[s+]2)(c2c(F)c(F)c(F)c(F)c2F)c2c(F)c(F)c(F)c(F)c2F)c(F)c1F. The Hall–Kier alpha value is -8.15. The molecule has 2 heterocycles. The van der Waals surface area contributed by atoms with Crippen molar-refractivity contribution in [2.75, 3.05) is 0 Å². The van der Waals surface area contributed by atoms with E-state index in [0.29, 0.717) is 0 Å². The highest BCUT2D eigenvalue weighted by atomic mass is 32.2. The van der Waals surface area contributed by atoms with Gasteiger partial charge in [0, 0.05) is 45.3 Å². The molecule has 0 aliphatic rings. The highest BCUT2D eigenvalue weighted by molar-refractivity contribution is 7.57. The second-order valence-electron chi connectivity index (χ2n) is 18.5. The van der Waals surface area contributed by atoms with Crippen LogP contribution in [0.2, 0.25) is 0 Å². The van der Waals surface area contributed by atoms with Crippen molar-refractivity contribution in [3.05, 3.63) is 221 Å². The van der Waals surface area contributed by atoms with E-state index in [4.69, 9.17) is 0 Å². The largest absolute Gasteiger partial charge is 0.208 e. The van der Waals surface area contributed by atoms with Gasteiger partial charge in [0.1, 0.15) is 78.0 Å². The number of hydrogen-bond acceptors (Lipinski definition) is 2. The monoisotopic (exact) mass is 1470 g/mol. The summed E-state index contributed by atoms with van der Waals surface area (Å²) >= 11 is -3.76. The lowest BCUT2D eigenvalue weighted by Crippen LogP contribution is -2.78. The molecule has 94 heavy (non-hydrogen) atoms. The molecule has 0 bridgehead atoms. The number of fused-ring (bicyclic) bond motifs is 2. The van der Waals surface area contributed by atoms with Gasteiger partial charge in [0.2, 0.25) is 77.6 Å². The molecule has 2 aromatic heterocycles. The molecule has 8 aromatic carbocycles. The number of halogens is 38. The Morgan fingerprint density at radius 2 is 0.266 bits per heavy atom. The van der Waals surface area contributed by atoms with Crippen molar-refractivity contribution in [1.29, 1.82) is 0 Å². The van der Waals surface area contributed by atoms with Crippen LogP contribution in [0.15, 0.2) is 0 Å². The first-order chi connectivity index (χ1) is 43.5. The van der Waals surface area contributed by atoms with E-state index in [1.807, 2.05) is 0 Å². The van der Waals surface area contributed by atoms with Crippen molar-refractivity contribution < 1.29 is 167 Å². The lowest BCUT2D eigenvalue weighted by Gasteiger charge is -2.39. The summed E-state index contributed by atoms with van der Waals surface area (Å²) in [6.45, 7) is 0. The maximum absolute atomic E-state index is 15.6. The molecular formula is C50B2F38S4. The zero-order chi connectivity index (χ0) is 70.7. The standard InChI is InChI=1S/2C25BF19S2/c2*27-4-1(5(28)11(34)16(39)10(4)33)26(2-6(29)12(35)17(40)13(36)7(2)30,3-8(31)14(37)18(41)15(38)9(3)32)25-46-23-21(44)19(42)20(43)22(45)24(23)47-25. The van der Waals surface area contributed by atoms with Gasteiger partial charge >= 0.3 is 0 Å². The molecule has 0 saturated carbocycles. The third kappa shape index (κ3) is 9.37. The third-order valence-electron chi connectivity index (χ3n) is 13.9. The van der Waals surface area contributed by atoms with Crippen LogP contribution in [0.3, 0.4) is 0 Å². The van der Waals surface area contributed by atoms with Gasteiger partial charge in [0.25, 0.3) is 0 Å². The maximum Gasteiger partial charge on any atom is 0.208 e. The molecule has 44 heteroatoms. The number of rotatable bonds is 8. The minimum absolute atomic E-state index is 0.939. The van der Waals surface area contributed by atoms with Crippen LogP contribution in [0.4, 0.5) is 167 Å². The van der Waals surface area contributed by atoms with E-state index in [-0.39, 0.29) is 0 Å². The van der Waals surface area contributed by atoms with E-state index < -0.39 is 338 Å². The van der Waals surface area contributed by atoms with E-state index in [1.54, 1.807) is 0 Å². The fourth-order valence-corrected chi connectivity index (χ4v) is 16.1. The van der Waals surface area contributed by atoms with Crippen LogP contribution >= 0.6 is 45.3 Å². The van der Waals surface area contributed by atoms with Gasteiger partial charge in [-0.05, 0) is 0 Å². The van der Waals surface area contributed by atoms with Gasteiger partial charge in [-0.3, -0.25) is 0 Å². The van der Waals surface area contributed by atoms with Crippen LogP contribution in [-0.4, -0.2) is 12.3 Å². The van der Waals surface area contributed by atoms with Crippen LogP contribution in [0.5, 0.6) is 0 Å². The van der Waals surface area contributed by atoms with Crippen molar-refractivity contribution in [1.82, 2.24) is 0 Å². The topological polar surface area (TPSA) is 0 Å². The molecule has 10 aromatic rings. The first-order valence-electron chi connectivity index (χ1n) is 23.1. The van der Waals surface area contributed by atoms with E-state index in [2.05, 4.69) is 0 Å². The second kappa shape index (κ2) is 23.9. The quantitative estimate of drug-likeness (QED) is 0.0468. The van der Waals surface area contributed by atoms with Crippen molar-refractivity contribution in [3.63, 3.8) is 0 Å². The Balaban J connectivity index is 0.000000221. The Morgan fingerprint density at radius 1 is 0.149 bits per heavy atom. The molecule has 0 saturated heterocycles. The molecule has 0 unspecified atom stereocenters. The zero-order valence-corrected chi connectivity index (χ0v) is 45.4. The van der Waals surface area contributed by atoms with Gasteiger partial charge in [0.05, 0.1) is 0 Å². The summed E-state index contributed by atoms with van der Waals surface area (Å²) in [6.07, 6.45) is -12.7. The van der Waals surface area contributed by atoms with E-state index in [0.717, 1.165) is 0 Å². The van der Waals surface area contributed by atoms with Gasteiger partial charge < -0.3 is 0 Å². The second-order valence-corrected chi connectivity index (χ2v) is 23.2. The van der Waals surface area contributed by atoms with Gasteiger partial charge in [0.15, 0.2) is 105 Å². The van der Waals surface area contributed by atoms with E-state index in [9.17, 15) is 114 Å². The van der Waals surface area contributed by atoms with Crippen molar-refractivity contribution in [2.24, 2.45) is 0 Å². The van der Waals surface area contributed by atoms with Crippen LogP contribution in [0.1, 0.15) is 0 Å². The van der Waals surface area contributed by atoms with Gasteiger partial charge in [-0.1, -0.05) is 0 Å². The van der Waals surface area contributed by atoms with Crippen LogP contribution in [0.25, 0.3) is 18.8 Å². The van der Waals surface area contributed by atoms with Crippen LogP contribution in [0, 0.1) is 221 Å². The summed E-state index contributed by atoms with van der Waals surface area (Å²) in [7, 11) is 0. The Kier molecular flexibility index (Phi) is 17.9. The molecule has 0 fully saturated rings. The molecule has 496 valence electrons. The van der Waals surface area contributed by atoms with E-state index >= 15 is 52.7 Å². The average Bonchev–Trinajstić information content (AvgIpc) is 1.12. The van der Waals surface area contributed by atoms with Crippen molar-refractivity contribution >= 4 is 117 Å². The predicted molar refractivity (Wildman–Crippen MR) is 254 cm³/mol. The molecule has 0 amide bonds. The van der Waals surface area contributed by atoms with Crippen LogP contribution < -0.4 is 41.0 Å². The minimum Gasteiger partial charge on any atom is -0.207 e. The normalized spacial score (nSPS) is 12.1. The smallest absolute Gasteiger partial charge is 0.207 e. The third-order valence-corrected chi connectivity index (χ3v) is 19.8.